The zero-order valence-corrected chi connectivity index (χ0v) is 11.0. The topological polar surface area (TPSA) is 80.1 Å². The summed E-state index contributed by atoms with van der Waals surface area (Å²) in [7, 11) is 0. The van der Waals surface area contributed by atoms with E-state index in [9.17, 15) is 4.79 Å². The summed E-state index contributed by atoms with van der Waals surface area (Å²) in [5.74, 6) is -0.00381. The van der Waals surface area contributed by atoms with E-state index in [1.165, 1.54) is 0 Å². The lowest BCUT2D eigenvalue weighted by molar-refractivity contribution is -0.159. The van der Waals surface area contributed by atoms with Crippen LogP contribution < -0.4 is 11.1 Å². The van der Waals surface area contributed by atoms with E-state index in [4.69, 9.17) is 10.5 Å². The molecule has 1 aliphatic rings. The van der Waals surface area contributed by atoms with Crippen molar-refractivity contribution >= 4 is 5.91 Å². The van der Waals surface area contributed by atoms with Crippen molar-refractivity contribution in [3.05, 3.63) is 24.0 Å². The molecule has 1 fully saturated rings. The van der Waals surface area contributed by atoms with Crippen LogP contribution in [-0.2, 0) is 14.9 Å². The number of amides is 1. The summed E-state index contributed by atoms with van der Waals surface area (Å²) in [6, 6.07) is 3.98. The van der Waals surface area contributed by atoms with Gasteiger partial charge in [0.2, 0.25) is 5.91 Å². The van der Waals surface area contributed by atoms with E-state index in [0.29, 0.717) is 26.3 Å². The number of hydrogen-bond acceptors (Lipinski definition) is 3. The normalized spacial score (nSPS) is 18.2. The van der Waals surface area contributed by atoms with Crippen LogP contribution in [0.5, 0.6) is 0 Å². The number of rotatable bonds is 5. The molecular formula is C13H21N3O2. The summed E-state index contributed by atoms with van der Waals surface area (Å²) >= 11 is 0. The van der Waals surface area contributed by atoms with Gasteiger partial charge in [0, 0.05) is 30.4 Å². The van der Waals surface area contributed by atoms with Gasteiger partial charge in [-0.05, 0) is 12.1 Å². The molecule has 100 valence electrons. The first-order chi connectivity index (χ1) is 8.50. The van der Waals surface area contributed by atoms with Crippen LogP contribution in [0.4, 0.5) is 0 Å². The highest BCUT2D eigenvalue weighted by Crippen LogP contribution is 2.27. The van der Waals surface area contributed by atoms with E-state index in [1.807, 2.05) is 18.3 Å². The Morgan fingerprint density at radius 2 is 2.33 bits per heavy atom. The number of H-pyrrole nitrogens is 1. The number of nitrogens with two attached hydrogens (primary N) is 1. The molecule has 1 aromatic heterocycles. The lowest BCUT2D eigenvalue weighted by Crippen LogP contribution is -2.59. The van der Waals surface area contributed by atoms with Gasteiger partial charge in [-0.25, -0.2) is 0 Å². The summed E-state index contributed by atoms with van der Waals surface area (Å²) in [4.78, 5) is 15.3. The van der Waals surface area contributed by atoms with Gasteiger partial charge < -0.3 is 20.8 Å². The van der Waals surface area contributed by atoms with Gasteiger partial charge in [0.15, 0.2) is 0 Å². The molecule has 1 saturated heterocycles. The van der Waals surface area contributed by atoms with Crippen LogP contribution in [0, 0.1) is 5.41 Å². The first-order valence-electron chi connectivity index (χ1n) is 6.20. The highest BCUT2D eigenvalue weighted by molar-refractivity contribution is 5.84. The predicted molar refractivity (Wildman–Crippen MR) is 69.1 cm³/mol. The van der Waals surface area contributed by atoms with Crippen LogP contribution >= 0.6 is 0 Å². The molecule has 18 heavy (non-hydrogen) atoms. The van der Waals surface area contributed by atoms with Crippen molar-refractivity contribution in [1.82, 2.24) is 10.3 Å². The average molecular weight is 251 g/mol. The number of hydrogen-bond donors (Lipinski definition) is 3. The summed E-state index contributed by atoms with van der Waals surface area (Å²) in [5.41, 5.74) is 6.13. The molecule has 1 amide bonds. The van der Waals surface area contributed by atoms with Crippen molar-refractivity contribution in [2.75, 3.05) is 26.3 Å². The van der Waals surface area contributed by atoms with Crippen molar-refractivity contribution < 1.29 is 9.53 Å². The van der Waals surface area contributed by atoms with Crippen molar-refractivity contribution in [3.8, 4) is 0 Å². The smallest absolute Gasteiger partial charge is 0.232 e. The molecule has 0 spiro atoms. The Kier molecular flexibility index (Phi) is 3.45. The van der Waals surface area contributed by atoms with Gasteiger partial charge in [0.1, 0.15) is 5.41 Å². The summed E-state index contributed by atoms with van der Waals surface area (Å²) in [6.45, 7) is 5.95. The fourth-order valence-corrected chi connectivity index (χ4v) is 2.03. The highest BCUT2D eigenvalue weighted by atomic mass is 16.5. The van der Waals surface area contributed by atoms with Crippen molar-refractivity contribution in [1.29, 1.82) is 0 Å². The zero-order chi connectivity index (χ0) is 13.2. The van der Waals surface area contributed by atoms with Gasteiger partial charge in [0.25, 0.3) is 0 Å². The summed E-state index contributed by atoms with van der Waals surface area (Å²) in [6.07, 6.45) is 1.89. The molecule has 2 heterocycles. The summed E-state index contributed by atoms with van der Waals surface area (Å²) < 4.78 is 5.11. The maximum absolute atomic E-state index is 12.1. The van der Waals surface area contributed by atoms with E-state index in [1.54, 1.807) is 0 Å². The Labute approximate surface area is 107 Å². The molecule has 2 rings (SSSR count). The molecule has 0 aliphatic carbocycles. The number of ether oxygens (including phenoxy) is 1. The lowest BCUT2D eigenvalue weighted by Gasteiger charge is -2.39. The molecule has 0 radical (unpaired) electrons. The molecule has 0 atom stereocenters. The van der Waals surface area contributed by atoms with Crippen molar-refractivity contribution in [2.24, 2.45) is 11.1 Å². The van der Waals surface area contributed by atoms with Gasteiger partial charge >= 0.3 is 0 Å². The molecule has 1 aliphatic heterocycles. The van der Waals surface area contributed by atoms with E-state index in [0.717, 1.165) is 5.69 Å². The second-order valence-electron chi connectivity index (χ2n) is 5.63. The van der Waals surface area contributed by atoms with Crippen LogP contribution in [0.3, 0.4) is 0 Å². The number of carbonyl (C=O) groups is 1. The minimum Gasteiger partial charge on any atom is -0.379 e. The standard InChI is InChI=1S/C13H21N3O2/c1-12(2,10-4-3-5-15-10)7-16-11(17)13(6-14)8-18-9-13/h3-5,15H,6-9,14H2,1-2H3,(H,16,17). The zero-order valence-electron chi connectivity index (χ0n) is 11.0. The van der Waals surface area contributed by atoms with Crippen LogP contribution in [0.1, 0.15) is 19.5 Å². The minimum absolute atomic E-state index is 0.00381. The molecule has 5 heteroatoms. The summed E-state index contributed by atoms with van der Waals surface area (Å²) in [5, 5.41) is 2.99. The Bertz CT molecular complexity index is 402. The third-order valence-electron chi connectivity index (χ3n) is 3.65. The molecule has 0 saturated carbocycles. The van der Waals surface area contributed by atoms with Gasteiger partial charge in [0.05, 0.1) is 13.2 Å². The first-order valence-corrected chi connectivity index (χ1v) is 6.20. The SMILES string of the molecule is CC(C)(CNC(=O)C1(CN)COC1)c1ccc[nH]1. The van der Waals surface area contributed by atoms with Crippen molar-refractivity contribution in [2.45, 2.75) is 19.3 Å². The Hall–Kier alpha value is -1.33. The Morgan fingerprint density at radius 3 is 2.78 bits per heavy atom. The maximum Gasteiger partial charge on any atom is 0.232 e. The average Bonchev–Trinajstić information content (AvgIpc) is 2.80. The van der Waals surface area contributed by atoms with Crippen molar-refractivity contribution in [3.63, 3.8) is 0 Å². The number of aromatic amines is 1. The first kappa shape index (κ1) is 13.1. The van der Waals surface area contributed by atoms with Gasteiger partial charge in [-0.2, -0.15) is 0 Å². The Balaban J connectivity index is 1.93. The van der Waals surface area contributed by atoms with E-state index in [-0.39, 0.29) is 11.3 Å². The molecule has 0 aromatic carbocycles. The highest BCUT2D eigenvalue weighted by Gasteiger charge is 2.45. The second kappa shape index (κ2) is 4.74. The van der Waals surface area contributed by atoms with Crippen LogP contribution in [0.25, 0.3) is 0 Å². The van der Waals surface area contributed by atoms with Gasteiger partial charge in [-0.15, -0.1) is 0 Å². The van der Waals surface area contributed by atoms with Crippen LogP contribution in [0.2, 0.25) is 0 Å². The minimum atomic E-state index is -0.508. The molecule has 4 N–H and O–H groups in total. The monoisotopic (exact) mass is 251 g/mol. The molecule has 0 bridgehead atoms. The number of carbonyl (C=O) groups excluding carboxylic acids is 1. The molecule has 5 nitrogen and oxygen atoms in total. The van der Waals surface area contributed by atoms with E-state index >= 15 is 0 Å². The predicted octanol–water partition coefficient (Wildman–Crippen LogP) is 0.384. The fraction of sp³-hybridized carbons (Fsp3) is 0.615. The van der Waals surface area contributed by atoms with E-state index < -0.39 is 5.41 Å². The van der Waals surface area contributed by atoms with E-state index in [2.05, 4.69) is 24.1 Å². The second-order valence-corrected chi connectivity index (χ2v) is 5.63. The van der Waals surface area contributed by atoms with Crippen LogP contribution in [-0.4, -0.2) is 37.2 Å². The van der Waals surface area contributed by atoms with Gasteiger partial charge in [-0.3, -0.25) is 4.79 Å². The Morgan fingerprint density at radius 1 is 1.61 bits per heavy atom. The quantitative estimate of drug-likeness (QED) is 0.708. The fourth-order valence-electron chi connectivity index (χ4n) is 2.03. The third kappa shape index (κ3) is 2.28. The third-order valence-corrected chi connectivity index (χ3v) is 3.65. The molecular weight excluding hydrogens is 230 g/mol. The van der Waals surface area contributed by atoms with Gasteiger partial charge in [-0.1, -0.05) is 13.8 Å². The molecule has 1 aromatic rings. The van der Waals surface area contributed by atoms with Crippen LogP contribution in [0.15, 0.2) is 18.3 Å². The largest absolute Gasteiger partial charge is 0.379 e. The number of nitrogens with one attached hydrogen (secondary N) is 2. The number of aromatic nitrogens is 1. The lowest BCUT2D eigenvalue weighted by atomic mass is 9.84. The maximum atomic E-state index is 12.1. The molecule has 0 unspecified atom stereocenters.